The van der Waals surface area contributed by atoms with Gasteiger partial charge in [-0.3, -0.25) is 4.79 Å². The van der Waals surface area contributed by atoms with Crippen LogP contribution in [0.4, 0.5) is 0 Å². The predicted molar refractivity (Wildman–Crippen MR) is 87.4 cm³/mol. The number of carboxylic acid groups (broad SMARTS) is 1. The zero-order valence-corrected chi connectivity index (χ0v) is 14.0. The Hall–Kier alpha value is -1.93. The first kappa shape index (κ1) is 16.9. The summed E-state index contributed by atoms with van der Waals surface area (Å²) in [5, 5.41) is 11.6. The molecule has 1 aromatic carbocycles. The Morgan fingerprint density at radius 3 is 2.29 bits per heavy atom. The molecule has 0 aromatic heterocycles. The first-order valence-electron chi connectivity index (χ1n) is 8.01. The zero-order chi connectivity index (χ0) is 17.3. The summed E-state index contributed by atoms with van der Waals surface area (Å²) in [6.07, 6.45) is 2.63. The molecule has 1 amide bonds. The second kappa shape index (κ2) is 6.52. The molecule has 7 nitrogen and oxygen atoms in total. The molecule has 0 spiro atoms. The molecular formula is C16H20N2O5S. The number of nitrogens with one attached hydrogen (secondary N) is 1. The van der Waals surface area contributed by atoms with Crippen LogP contribution in [-0.2, 0) is 10.0 Å². The standard InChI is InChI=1S/C16H20N2O5S/c19-15(11-2-1-3-12(10-11)16(20)21)17-13-6-8-18(9-7-13)24(22,23)14-4-5-14/h1-3,10,13-14H,4-9H2,(H,17,19)(H,20,21). The van der Waals surface area contributed by atoms with Gasteiger partial charge in [0.05, 0.1) is 10.8 Å². The van der Waals surface area contributed by atoms with Crippen LogP contribution >= 0.6 is 0 Å². The molecule has 0 atom stereocenters. The topological polar surface area (TPSA) is 104 Å². The first-order valence-corrected chi connectivity index (χ1v) is 9.51. The lowest BCUT2D eigenvalue weighted by Crippen LogP contribution is -2.47. The van der Waals surface area contributed by atoms with Crippen molar-refractivity contribution in [3.8, 4) is 0 Å². The largest absolute Gasteiger partial charge is 0.478 e. The van der Waals surface area contributed by atoms with Crippen LogP contribution in [0, 0.1) is 0 Å². The van der Waals surface area contributed by atoms with Crippen molar-refractivity contribution in [1.29, 1.82) is 0 Å². The summed E-state index contributed by atoms with van der Waals surface area (Å²) in [5.74, 6) is -1.41. The quantitative estimate of drug-likeness (QED) is 0.825. The van der Waals surface area contributed by atoms with E-state index >= 15 is 0 Å². The van der Waals surface area contributed by atoms with E-state index in [1.165, 1.54) is 22.5 Å². The number of carboxylic acids is 1. The molecule has 0 unspecified atom stereocenters. The van der Waals surface area contributed by atoms with Crippen LogP contribution in [0.2, 0.25) is 0 Å². The Bertz CT molecular complexity index is 749. The van der Waals surface area contributed by atoms with Crippen molar-refractivity contribution in [2.24, 2.45) is 0 Å². The monoisotopic (exact) mass is 352 g/mol. The molecule has 2 N–H and O–H groups in total. The zero-order valence-electron chi connectivity index (χ0n) is 13.1. The molecule has 130 valence electrons. The lowest BCUT2D eigenvalue weighted by molar-refractivity contribution is 0.0697. The van der Waals surface area contributed by atoms with Crippen molar-refractivity contribution >= 4 is 21.9 Å². The number of amides is 1. The van der Waals surface area contributed by atoms with Crippen molar-refractivity contribution in [2.45, 2.75) is 37.0 Å². The van der Waals surface area contributed by atoms with E-state index in [1.54, 1.807) is 6.07 Å². The van der Waals surface area contributed by atoms with Gasteiger partial charge in [-0.2, -0.15) is 0 Å². The Labute approximate surface area is 140 Å². The van der Waals surface area contributed by atoms with Crippen LogP contribution in [0.15, 0.2) is 24.3 Å². The Kier molecular flexibility index (Phi) is 4.60. The highest BCUT2D eigenvalue weighted by Crippen LogP contribution is 2.32. The Morgan fingerprint density at radius 1 is 1.08 bits per heavy atom. The van der Waals surface area contributed by atoms with E-state index in [-0.39, 0.29) is 22.8 Å². The average Bonchev–Trinajstić information content (AvgIpc) is 3.41. The van der Waals surface area contributed by atoms with Crippen LogP contribution in [-0.4, -0.2) is 54.1 Å². The van der Waals surface area contributed by atoms with Crippen LogP contribution in [0.1, 0.15) is 46.4 Å². The van der Waals surface area contributed by atoms with Gasteiger partial charge in [0.1, 0.15) is 0 Å². The van der Waals surface area contributed by atoms with Crippen LogP contribution < -0.4 is 5.32 Å². The molecule has 1 saturated carbocycles. The molecule has 2 aliphatic rings. The van der Waals surface area contributed by atoms with Crippen molar-refractivity contribution in [3.63, 3.8) is 0 Å². The molecule has 1 aliphatic carbocycles. The number of sulfonamides is 1. The van der Waals surface area contributed by atoms with Gasteiger partial charge >= 0.3 is 5.97 Å². The van der Waals surface area contributed by atoms with Gasteiger partial charge in [-0.05, 0) is 43.9 Å². The molecule has 8 heteroatoms. The van der Waals surface area contributed by atoms with Gasteiger partial charge < -0.3 is 10.4 Å². The van der Waals surface area contributed by atoms with Crippen molar-refractivity contribution in [1.82, 2.24) is 9.62 Å². The lowest BCUT2D eigenvalue weighted by Gasteiger charge is -2.31. The molecular weight excluding hydrogens is 332 g/mol. The van der Waals surface area contributed by atoms with Gasteiger partial charge in [-0.1, -0.05) is 6.07 Å². The lowest BCUT2D eigenvalue weighted by atomic mass is 10.1. The van der Waals surface area contributed by atoms with E-state index in [0.717, 1.165) is 12.8 Å². The second-order valence-corrected chi connectivity index (χ2v) is 8.49. The van der Waals surface area contributed by atoms with Crippen LogP contribution in [0.3, 0.4) is 0 Å². The highest BCUT2D eigenvalue weighted by atomic mass is 32.2. The number of carbonyl (C=O) groups is 2. The molecule has 0 radical (unpaired) electrons. The summed E-state index contributed by atoms with van der Waals surface area (Å²) in [6, 6.07) is 5.76. The van der Waals surface area contributed by atoms with Gasteiger partial charge in [-0.15, -0.1) is 0 Å². The Morgan fingerprint density at radius 2 is 1.71 bits per heavy atom. The van der Waals surface area contributed by atoms with E-state index < -0.39 is 16.0 Å². The smallest absolute Gasteiger partial charge is 0.335 e. The highest BCUT2D eigenvalue weighted by molar-refractivity contribution is 7.90. The molecule has 2 fully saturated rings. The fourth-order valence-electron chi connectivity index (χ4n) is 2.89. The minimum atomic E-state index is -3.15. The number of rotatable bonds is 5. The summed E-state index contributed by atoms with van der Waals surface area (Å²) in [4.78, 5) is 23.2. The predicted octanol–water partition coefficient (Wildman–Crippen LogP) is 1.07. The molecule has 1 aliphatic heterocycles. The van der Waals surface area contributed by atoms with Gasteiger partial charge in [0, 0.05) is 24.7 Å². The van der Waals surface area contributed by atoms with Gasteiger partial charge in [0.2, 0.25) is 10.0 Å². The second-order valence-electron chi connectivity index (χ2n) is 6.28. The third-order valence-corrected chi connectivity index (χ3v) is 6.87. The average molecular weight is 352 g/mol. The first-order chi connectivity index (χ1) is 11.4. The molecule has 1 aromatic rings. The van der Waals surface area contributed by atoms with Crippen molar-refractivity contribution < 1.29 is 23.1 Å². The number of benzene rings is 1. The van der Waals surface area contributed by atoms with E-state index in [9.17, 15) is 18.0 Å². The van der Waals surface area contributed by atoms with E-state index in [0.29, 0.717) is 31.5 Å². The number of aromatic carboxylic acids is 1. The third-order valence-electron chi connectivity index (χ3n) is 4.47. The normalized spacial score (nSPS) is 19.8. The fourth-order valence-corrected chi connectivity index (χ4v) is 4.77. The van der Waals surface area contributed by atoms with Crippen molar-refractivity contribution in [2.75, 3.05) is 13.1 Å². The molecule has 0 bridgehead atoms. The minimum absolute atomic E-state index is 0.0630. The van der Waals surface area contributed by atoms with Crippen LogP contribution in [0.25, 0.3) is 0 Å². The maximum atomic E-state index is 12.2. The van der Waals surface area contributed by atoms with Gasteiger partial charge in [0.25, 0.3) is 5.91 Å². The number of piperidine rings is 1. The van der Waals surface area contributed by atoms with Gasteiger partial charge in [-0.25, -0.2) is 17.5 Å². The van der Waals surface area contributed by atoms with E-state index in [4.69, 9.17) is 5.11 Å². The molecule has 1 heterocycles. The highest BCUT2D eigenvalue weighted by Gasteiger charge is 2.41. The number of carbonyl (C=O) groups excluding carboxylic acids is 1. The maximum absolute atomic E-state index is 12.2. The minimum Gasteiger partial charge on any atom is -0.478 e. The molecule has 24 heavy (non-hydrogen) atoms. The fraction of sp³-hybridized carbons (Fsp3) is 0.500. The summed E-state index contributed by atoms with van der Waals surface area (Å²) >= 11 is 0. The third kappa shape index (κ3) is 3.59. The maximum Gasteiger partial charge on any atom is 0.335 e. The van der Waals surface area contributed by atoms with E-state index in [2.05, 4.69) is 5.32 Å². The van der Waals surface area contributed by atoms with Gasteiger partial charge in [0.15, 0.2) is 0 Å². The summed E-state index contributed by atoms with van der Waals surface area (Å²) < 4.78 is 25.9. The van der Waals surface area contributed by atoms with E-state index in [1.807, 2.05) is 0 Å². The summed E-state index contributed by atoms with van der Waals surface area (Å²) in [5.41, 5.74) is 0.357. The number of hydrogen-bond donors (Lipinski definition) is 2. The molecule has 1 saturated heterocycles. The number of hydrogen-bond acceptors (Lipinski definition) is 4. The van der Waals surface area contributed by atoms with Crippen molar-refractivity contribution in [3.05, 3.63) is 35.4 Å². The van der Waals surface area contributed by atoms with Crippen LogP contribution in [0.5, 0.6) is 0 Å². The molecule has 3 rings (SSSR count). The summed E-state index contributed by atoms with van der Waals surface area (Å²) in [7, 11) is -3.15. The Balaban J connectivity index is 1.57. The SMILES string of the molecule is O=C(O)c1cccc(C(=O)NC2CCN(S(=O)(=O)C3CC3)CC2)c1. The number of nitrogens with zero attached hydrogens (tertiary/aromatic N) is 1. The summed E-state index contributed by atoms with van der Waals surface area (Å²) in [6.45, 7) is 0.831.